The Labute approximate surface area is 133 Å². The molecule has 0 saturated carbocycles. The van der Waals surface area contributed by atoms with Gasteiger partial charge in [-0.1, -0.05) is 6.92 Å². The highest BCUT2D eigenvalue weighted by Crippen LogP contribution is 2.29. The standard InChI is InChI=1S/C16H19FN2O2S/c1-2-15-19-14(9-22-15)7-18-4-3-11-5-13(17)6-12-8-20-10-21-16(11)12/h5-6,9,18H,2-4,7-8,10H2,1H3. The average Bonchev–Trinajstić information content (AvgIpc) is 2.99. The van der Waals surface area contributed by atoms with E-state index < -0.39 is 0 Å². The van der Waals surface area contributed by atoms with Crippen molar-refractivity contribution in [2.24, 2.45) is 0 Å². The van der Waals surface area contributed by atoms with Gasteiger partial charge in [0, 0.05) is 17.5 Å². The summed E-state index contributed by atoms with van der Waals surface area (Å²) in [7, 11) is 0. The van der Waals surface area contributed by atoms with Gasteiger partial charge in [0.2, 0.25) is 0 Å². The van der Waals surface area contributed by atoms with Crippen LogP contribution < -0.4 is 10.1 Å². The fourth-order valence-corrected chi connectivity index (χ4v) is 3.22. The van der Waals surface area contributed by atoms with E-state index in [1.165, 1.54) is 6.07 Å². The first kappa shape index (κ1) is 15.4. The maximum Gasteiger partial charge on any atom is 0.189 e. The molecule has 0 atom stereocenters. The summed E-state index contributed by atoms with van der Waals surface area (Å²) in [6.45, 7) is 4.23. The Morgan fingerprint density at radius 3 is 3.14 bits per heavy atom. The number of rotatable bonds is 6. The van der Waals surface area contributed by atoms with Gasteiger partial charge in [0.25, 0.3) is 0 Å². The molecule has 1 aliphatic rings. The van der Waals surface area contributed by atoms with E-state index in [0.29, 0.717) is 13.0 Å². The maximum absolute atomic E-state index is 13.6. The number of nitrogens with one attached hydrogen (secondary N) is 1. The monoisotopic (exact) mass is 322 g/mol. The third kappa shape index (κ3) is 3.63. The number of nitrogens with zero attached hydrogens (tertiary/aromatic N) is 1. The molecule has 0 spiro atoms. The number of halogens is 1. The Balaban J connectivity index is 1.56. The number of fused-ring (bicyclic) bond motifs is 1. The van der Waals surface area contributed by atoms with Crippen molar-refractivity contribution in [3.8, 4) is 5.75 Å². The lowest BCUT2D eigenvalue weighted by molar-refractivity contribution is -0.0172. The highest BCUT2D eigenvalue weighted by molar-refractivity contribution is 7.09. The summed E-state index contributed by atoms with van der Waals surface area (Å²) in [4.78, 5) is 4.51. The maximum atomic E-state index is 13.6. The number of thiazole rings is 1. The van der Waals surface area contributed by atoms with Crippen LogP contribution in [0.4, 0.5) is 4.39 Å². The van der Waals surface area contributed by atoms with Crippen LogP contribution >= 0.6 is 11.3 Å². The predicted octanol–water partition coefficient (Wildman–Crippen LogP) is 3.04. The van der Waals surface area contributed by atoms with Gasteiger partial charge in [-0.3, -0.25) is 0 Å². The number of hydrogen-bond donors (Lipinski definition) is 1. The summed E-state index contributed by atoms with van der Waals surface area (Å²) in [6.07, 6.45) is 1.68. The van der Waals surface area contributed by atoms with E-state index >= 15 is 0 Å². The van der Waals surface area contributed by atoms with E-state index in [2.05, 4.69) is 22.6 Å². The first-order valence-corrected chi connectivity index (χ1v) is 8.30. The Morgan fingerprint density at radius 1 is 1.41 bits per heavy atom. The zero-order valence-corrected chi connectivity index (χ0v) is 13.3. The van der Waals surface area contributed by atoms with Gasteiger partial charge in [0.05, 0.1) is 17.3 Å². The molecule has 0 unspecified atom stereocenters. The molecule has 22 heavy (non-hydrogen) atoms. The van der Waals surface area contributed by atoms with E-state index in [1.807, 2.05) is 0 Å². The van der Waals surface area contributed by atoms with Gasteiger partial charge >= 0.3 is 0 Å². The van der Waals surface area contributed by atoms with Gasteiger partial charge in [-0.15, -0.1) is 11.3 Å². The van der Waals surface area contributed by atoms with Crippen molar-refractivity contribution >= 4 is 11.3 Å². The molecule has 0 aliphatic carbocycles. The molecule has 0 fully saturated rings. The molecule has 3 rings (SSSR count). The minimum atomic E-state index is -0.241. The Hall–Kier alpha value is -1.50. The lowest BCUT2D eigenvalue weighted by Crippen LogP contribution is -2.19. The van der Waals surface area contributed by atoms with E-state index in [0.717, 1.165) is 47.1 Å². The fourth-order valence-electron chi connectivity index (χ4n) is 2.47. The second kappa shape index (κ2) is 7.17. The number of aromatic nitrogens is 1. The minimum absolute atomic E-state index is 0.234. The molecule has 0 amide bonds. The molecule has 0 saturated heterocycles. The fraction of sp³-hybridized carbons (Fsp3) is 0.438. The number of benzene rings is 1. The second-order valence-electron chi connectivity index (χ2n) is 5.18. The van der Waals surface area contributed by atoms with E-state index in [1.54, 1.807) is 17.4 Å². The Morgan fingerprint density at radius 2 is 2.32 bits per heavy atom. The van der Waals surface area contributed by atoms with Crippen LogP contribution in [0, 0.1) is 5.82 Å². The van der Waals surface area contributed by atoms with Crippen molar-refractivity contribution in [3.05, 3.63) is 45.2 Å². The largest absolute Gasteiger partial charge is 0.467 e. The van der Waals surface area contributed by atoms with E-state index in [-0.39, 0.29) is 12.6 Å². The quantitative estimate of drug-likeness (QED) is 0.830. The third-order valence-electron chi connectivity index (χ3n) is 3.53. The van der Waals surface area contributed by atoms with E-state index in [4.69, 9.17) is 9.47 Å². The number of hydrogen-bond acceptors (Lipinski definition) is 5. The van der Waals surface area contributed by atoms with Gasteiger partial charge in [0.1, 0.15) is 11.6 Å². The van der Waals surface area contributed by atoms with Gasteiger partial charge in [-0.05, 0) is 37.1 Å². The third-order valence-corrected chi connectivity index (χ3v) is 4.57. The van der Waals surface area contributed by atoms with Crippen molar-refractivity contribution < 1.29 is 13.9 Å². The molecule has 1 aromatic heterocycles. The summed E-state index contributed by atoms with van der Waals surface area (Å²) in [6, 6.07) is 3.02. The molecule has 6 heteroatoms. The number of ether oxygens (including phenoxy) is 2. The van der Waals surface area contributed by atoms with Crippen LogP contribution in [0.5, 0.6) is 5.75 Å². The Bertz CT molecular complexity index is 645. The molecule has 1 N–H and O–H groups in total. The van der Waals surface area contributed by atoms with E-state index in [9.17, 15) is 4.39 Å². The first-order chi connectivity index (χ1) is 10.8. The molecule has 1 aromatic carbocycles. The molecular weight excluding hydrogens is 303 g/mol. The highest BCUT2D eigenvalue weighted by atomic mass is 32.1. The molecular formula is C16H19FN2O2S. The van der Waals surface area contributed by atoms with Crippen LogP contribution in [0.2, 0.25) is 0 Å². The van der Waals surface area contributed by atoms with Crippen molar-refractivity contribution in [1.29, 1.82) is 0 Å². The molecule has 4 nitrogen and oxygen atoms in total. The van der Waals surface area contributed by atoms with Crippen LogP contribution in [-0.2, 0) is 30.7 Å². The smallest absolute Gasteiger partial charge is 0.189 e. The zero-order chi connectivity index (χ0) is 15.4. The zero-order valence-electron chi connectivity index (χ0n) is 12.5. The summed E-state index contributed by atoms with van der Waals surface area (Å²) in [5.74, 6) is 0.534. The van der Waals surface area contributed by atoms with Crippen LogP contribution in [0.3, 0.4) is 0 Å². The van der Waals surface area contributed by atoms with Crippen LogP contribution in [-0.4, -0.2) is 18.3 Å². The predicted molar refractivity (Wildman–Crippen MR) is 83.6 cm³/mol. The normalized spacial score (nSPS) is 13.7. The summed E-state index contributed by atoms with van der Waals surface area (Å²) in [5.41, 5.74) is 2.74. The number of aryl methyl sites for hydroxylation is 1. The lowest BCUT2D eigenvalue weighted by atomic mass is 10.1. The van der Waals surface area contributed by atoms with Crippen molar-refractivity contribution in [2.45, 2.75) is 32.9 Å². The van der Waals surface area contributed by atoms with Gasteiger partial charge in [-0.25, -0.2) is 9.37 Å². The molecule has 2 heterocycles. The molecule has 2 aromatic rings. The van der Waals surface area contributed by atoms with Crippen molar-refractivity contribution in [2.75, 3.05) is 13.3 Å². The molecule has 1 aliphatic heterocycles. The molecule has 0 radical (unpaired) electrons. The summed E-state index contributed by atoms with van der Waals surface area (Å²) >= 11 is 1.69. The SMILES string of the molecule is CCc1nc(CNCCc2cc(F)cc3c2OCOC3)cs1. The van der Waals surface area contributed by atoms with Gasteiger partial charge < -0.3 is 14.8 Å². The van der Waals surface area contributed by atoms with Crippen LogP contribution in [0.15, 0.2) is 17.5 Å². The second-order valence-corrected chi connectivity index (χ2v) is 6.12. The van der Waals surface area contributed by atoms with Gasteiger partial charge in [-0.2, -0.15) is 0 Å². The first-order valence-electron chi connectivity index (χ1n) is 7.42. The Kier molecular flexibility index (Phi) is 5.02. The highest BCUT2D eigenvalue weighted by Gasteiger charge is 2.16. The summed E-state index contributed by atoms with van der Waals surface area (Å²) in [5, 5.41) is 6.59. The van der Waals surface area contributed by atoms with Crippen molar-refractivity contribution in [1.82, 2.24) is 10.3 Å². The average molecular weight is 322 g/mol. The minimum Gasteiger partial charge on any atom is -0.467 e. The lowest BCUT2D eigenvalue weighted by Gasteiger charge is -2.20. The van der Waals surface area contributed by atoms with Crippen LogP contribution in [0.1, 0.15) is 28.8 Å². The van der Waals surface area contributed by atoms with Crippen LogP contribution in [0.25, 0.3) is 0 Å². The van der Waals surface area contributed by atoms with Gasteiger partial charge in [0.15, 0.2) is 6.79 Å². The topological polar surface area (TPSA) is 43.4 Å². The molecule has 0 bridgehead atoms. The summed E-state index contributed by atoms with van der Waals surface area (Å²) < 4.78 is 24.3. The molecule has 118 valence electrons. The van der Waals surface area contributed by atoms with Crippen molar-refractivity contribution in [3.63, 3.8) is 0 Å².